The number of benzene rings is 2. The van der Waals surface area contributed by atoms with Crippen LogP contribution in [0, 0.1) is 0 Å². The van der Waals surface area contributed by atoms with Crippen LogP contribution in [0.5, 0.6) is 0 Å². The SMILES string of the molecule is CCOC(=O)C1(Cc2nc(-c3ccccc3)no2)Sc2ccccc2NC1=O. The molecule has 4 rings (SSSR count). The molecule has 0 aliphatic carbocycles. The number of hydrogen-bond donors (Lipinski definition) is 1. The minimum Gasteiger partial charge on any atom is -0.465 e. The number of para-hydroxylation sites is 1. The van der Waals surface area contributed by atoms with E-state index in [1.54, 1.807) is 13.0 Å². The average Bonchev–Trinajstić information content (AvgIpc) is 3.18. The van der Waals surface area contributed by atoms with Crippen LogP contribution in [-0.4, -0.2) is 33.4 Å². The van der Waals surface area contributed by atoms with Gasteiger partial charge in [-0.1, -0.05) is 59.4 Å². The van der Waals surface area contributed by atoms with Crippen molar-refractivity contribution in [1.82, 2.24) is 10.1 Å². The first-order chi connectivity index (χ1) is 13.6. The molecule has 1 unspecified atom stereocenters. The first-order valence-corrected chi connectivity index (χ1v) is 9.59. The zero-order valence-corrected chi connectivity index (χ0v) is 15.9. The van der Waals surface area contributed by atoms with Gasteiger partial charge in [-0.15, -0.1) is 0 Å². The number of esters is 1. The van der Waals surface area contributed by atoms with Crippen molar-refractivity contribution < 1.29 is 18.8 Å². The Hall–Kier alpha value is -3.13. The molecular weight excluding hydrogens is 378 g/mol. The number of carbonyl (C=O) groups excluding carboxylic acids is 2. The summed E-state index contributed by atoms with van der Waals surface area (Å²) in [6.45, 7) is 1.86. The number of nitrogens with zero attached hydrogens (tertiary/aromatic N) is 2. The molecule has 0 fully saturated rings. The van der Waals surface area contributed by atoms with E-state index in [1.807, 2.05) is 48.5 Å². The lowest BCUT2D eigenvalue weighted by atomic mass is 10.0. The fourth-order valence-electron chi connectivity index (χ4n) is 2.93. The first-order valence-electron chi connectivity index (χ1n) is 8.77. The highest BCUT2D eigenvalue weighted by atomic mass is 32.2. The second kappa shape index (κ2) is 7.47. The highest BCUT2D eigenvalue weighted by molar-refractivity contribution is 8.02. The number of aromatic nitrogens is 2. The molecule has 1 amide bonds. The van der Waals surface area contributed by atoms with Crippen LogP contribution in [-0.2, 0) is 20.7 Å². The number of thioether (sulfide) groups is 1. The molecule has 2 heterocycles. The van der Waals surface area contributed by atoms with Crippen molar-refractivity contribution in [3.63, 3.8) is 0 Å². The van der Waals surface area contributed by atoms with E-state index < -0.39 is 16.6 Å². The number of amides is 1. The summed E-state index contributed by atoms with van der Waals surface area (Å²) in [5, 5.41) is 6.78. The monoisotopic (exact) mass is 395 g/mol. The van der Waals surface area contributed by atoms with Gasteiger partial charge in [0.15, 0.2) is 0 Å². The maximum Gasteiger partial charge on any atom is 0.332 e. The maximum absolute atomic E-state index is 13.0. The predicted molar refractivity (Wildman–Crippen MR) is 104 cm³/mol. The first kappa shape index (κ1) is 18.2. The molecule has 1 N–H and O–H groups in total. The number of ether oxygens (including phenoxy) is 1. The van der Waals surface area contributed by atoms with E-state index >= 15 is 0 Å². The Labute approximate surface area is 165 Å². The van der Waals surface area contributed by atoms with E-state index in [4.69, 9.17) is 9.26 Å². The van der Waals surface area contributed by atoms with Gasteiger partial charge in [-0.25, -0.2) is 4.79 Å². The smallest absolute Gasteiger partial charge is 0.332 e. The lowest BCUT2D eigenvalue weighted by Crippen LogP contribution is -2.51. The Morgan fingerprint density at radius 3 is 2.71 bits per heavy atom. The third-order valence-corrected chi connectivity index (χ3v) is 5.71. The molecule has 1 atom stereocenters. The second-order valence-electron chi connectivity index (χ2n) is 6.15. The van der Waals surface area contributed by atoms with E-state index in [0.29, 0.717) is 11.5 Å². The molecule has 0 saturated heterocycles. The number of nitrogens with one attached hydrogen (secondary N) is 1. The van der Waals surface area contributed by atoms with Crippen molar-refractivity contribution in [1.29, 1.82) is 0 Å². The van der Waals surface area contributed by atoms with Crippen molar-refractivity contribution in [2.45, 2.75) is 23.0 Å². The summed E-state index contributed by atoms with van der Waals surface area (Å²) in [6, 6.07) is 16.6. The second-order valence-corrected chi connectivity index (χ2v) is 7.50. The van der Waals surface area contributed by atoms with Crippen molar-refractivity contribution in [3.05, 3.63) is 60.5 Å². The summed E-state index contributed by atoms with van der Waals surface area (Å²) in [4.78, 5) is 30.9. The summed E-state index contributed by atoms with van der Waals surface area (Å²) in [7, 11) is 0. The fourth-order valence-corrected chi connectivity index (χ4v) is 4.16. The van der Waals surface area contributed by atoms with Gasteiger partial charge in [-0.2, -0.15) is 4.98 Å². The molecular formula is C20H17N3O4S. The Balaban J connectivity index is 1.69. The van der Waals surface area contributed by atoms with E-state index in [9.17, 15) is 9.59 Å². The lowest BCUT2D eigenvalue weighted by Gasteiger charge is -2.33. The lowest BCUT2D eigenvalue weighted by molar-refractivity contribution is -0.148. The summed E-state index contributed by atoms with van der Waals surface area (Å²) in [6.07, 6.45) is -0.0729. The van der Waals surface area contributed by atoms with Crippen molar-refractivity contribution in [3.8, 4) is 11.4 Å². The predicted octanol–water partition coefficient (Wildman–Crippen LogP) is 3.33. The molecule has 2 aromatic carbocycles. The van der Waals surface area contributed by atoms with Crippen LogP contribution in [0.3, 0.4) is 0 Å². The van der Waals surface area contributed by atoms with Gasteiger partial charge in [0.05, 0.1) is 18.7 Å². The number of rotatable bonds is 5. The van der Waals surface area contributed by atoms with Gasteiger partial charge in [-0.3, -0.25) is 4.79 Å². The fraction of sp³-hybridized carbons (Fsp3) is 0.200. The van der Waals surface area contributed by atoms with Gasteiger partial charge in [0.25, 0.3) is 5.91 Å². The van der Waals surface area contributed by atoms with Gasteiger partial charge in [0.1, 0.15) is 0 Å². The van der Waals surface area contributed by atoms with Crippen molar-refractivity contribution in [2.24, 2.45) is 0 Å². The van der Waals surface area contributed by atoms with E-state index in [2.05, 4.69) is 15.5 Å². The summed E-state index contributed by atoms with van der Waals surface area (Å²) < 4.78 is 9.04. The van der Waals surface area contributed by atoms with Crippen LogP contribution in [0.25, 0.3) is 11.4 Å². The van der Waals surface area contributed by atoms with E-state index in [-0.39, 0.29) is 18.9 Å². The zero-order valence-electron chi connectivity index (χ0n) is 15.0. The highest BCUT2D eigenvalue weighted by Gasteiger charge is 2.52. The maximum atomic E-state index is 13.0. The molecule has 3 aromatic rings. The normalized spacial score (nSPS) is 18.2. The molecule has 1 aromatic heterocycles. The molecule has 0 spiro atoms. The number of carbonyl (C=O) groups is 2. The van der Waals surface area contributed by atoms with Crippen LogP contribution in [0.4, 0.5) is 5.69 Å². The Kier molecular flexibility index (Phi) is 4.87. The number of hydrogen-bond acceptors (Lipinski definition) is 7. The summed E-state index contributed by atoms with van der Waals surface area (Å²) in [5.41, 5.74) is 1.45. The van der Waals surface area contributed by atoms with Gasteiger partial charge in [0, 0.05) is 10.5 Å². The third-order valence-electron chi connectivity index (χ3n) is 4.29. The van der Waals surface area contributed by atoms with Crippen LogP contribution in [0.15, 0.2) is 64.0 Å². The van der Waals surface area contributed by atoms with E-state index in [0.717, 1.165) is 22.2 Å². The topological polar surface area (TPSA) is 94.3 Å². The quantitative estimate of drug-likeness (QED) is 0.523. The number of anilines is 1. The Morgan fingerprint density at radius 1 is 1.18 bits per heavy atom. The standard InChI is InChI=1S/C20H17N3O4S/c1-2-26-19(25)20(18(24)21-14-10-6-7-11-15(14)28-20)12-16-22-17(23-27-16)13-8-4-3-5-9-13/h3-11H,2,12H2,1H3,(H,21,24). The molecule has 0 radical (unpaired) electrons. The molecule has 142 valence electrons. The summed E-state index contributed by atoms with van der Waals surface area (Å²) >= 11 is 1.15. The Bertz CT molecular complexity index is 1020. The largest absolute Gasteiger partial charge is 0.465 e. The minimum atomic E-state index is -1.54. The van der Waals surface area contributed by atoms with E-state index in [1.165, 1.54) is 0 Å². The molecule has 0 saturated carbocycles. The average molecular weight is 395 g/mol. The van der Waals surface area contributed by atoms with Crippen molar-refractivity contribution >= 4 is 29.3 Å². The van der Waals surface area contributed by atoms with Gasteiger partial charge in [0.2, 0.25) is 16.5 Å². The van der Waals surface area contributed by atoms with Crippen LogP contribution < -0.4 is 5.32 Å². The number of fused-ring (bicyclic) bond motifs is 1. The molecule has 1 aliphatic rings. The minimum absolute atomic E-state index is 0.0729. The summed E-state index contributed by atoms with van der Waals surface area (Å²) in [5.74, 6) is -0.509. The van der Waals surface area contributed by atoms with Crippen LogP contribution in [0.2, 0.25) is 0 Å². The van der Waals surface area contributed by atoms with Gasteiger partial charge in [-0.05, 0) is 19.1 Å². The van der Waals surface area contributed by atoms with Crippen LogP contribution in [0.1, 0.15) is 12.8 Å². The molecule has 0 bridgehead atoms. The van der Waals surface area contributed by atoms with Crippen LogP contribution >= 0.6 is 11.8 Å². The highest BCUT2D eigenvalue weighted by Crippen LogP contribution is 2.45. The zero-order chi connectivity index (χ0) is 19.6. The van der Waals surface area contributed by atoms with Crippen molar-refractivity contribution in [2.75, 3.05) is 11.9 Å². The molecule has 7 nitrogen and oxygen atoms in total. The molecule has 1 aliphatic heterocycles. The van der Waals surface area contributed by atoms with Gasteiger partial charge >= 0.3 is 5.97 Å². The Morgan fingerprint density at radius 2 is 1.93 bits per heavy atom. The molecule has 28 heavy (non-hydrogen) atoms. The third kappa shape index (κ3) is 3.27. The molecule has 8 heteroatoms. The van der Waals surface area contributed by atoms with Gasteiger partial charge < -0.3 is 14.6 Å².